The van der Waals surface area contributed by atoms with Gasteiger partial charge in [-0.05, 0) is 58.0 Å². The van der Waals surface area contributed by atoms with Crippen LogP contribution in [-0.4, -0.2) is 77.6 Å². The van der Waals surface area contributed by atoms with Crippen molar-refractivity contribution < 1.29 is 19.7 Å². The summed E-state index contributed by atoms with van der Waals surface area (Å²) in [7, 11) is 0. The van der Waals surface area contributed by atoms with Gasteiger partial charge in [-0.15, -0.1) is 11.6 Å². The van der Waals surface area contributed by atoms with Crippen molar-refractivity contribution in [3.63, 3.8) is 0 Å². The lowest BCUT2D eigenvalue weighted by atomic mass is 9.78. The number of hydrogen-bond donors (Lipinski definition) is 2. The molecule has 2 aromatic carbocycles. The third-order valence-corrected chi connectivity index (χ3v) is 8.00. The molecule has 1 heterocycles. The Morgan fingerprint density at radius 2 is 1.64 bits per heavy atom. The smallest absolute Gasteiger partial charge is 0.132 e. The fraction of sp³-hybridized carbons (Fsp3) is 0.520. The maximum atomic E-state index is 10.3. The van der Waals surface area contributed by atoms with Crippen LogP contribution in [0.15, 0.2) is 42.5 Å². The standard InChI is InChI=1S/C25H33ClINO4S/c1-25(2,19-5-8-24(23(27)13-19)32-16-20(29)14-26)18-3-6-22(7-4-18)31-17-21(30)15-28-9-11-33-12-10-28/h3-8,13,20-21,29-30H,9-12,14-17H2,1-2H3/t20-,21+/m0/s1. The van der Waals surface area contributed by atoms with Crippen LogP contribution in [0.2, 0.25) is 0 Å². The molecule has 1 aliphatic rings. The lowest BCUT2D eigenvalue weighted by Gasteiger charge is -2.28. The molecule has 0 radical (unpaired) electrons. The van der Waals surface area contributed by atoms with Crippen molar-refractivity contribution in [1.29, 1.82) is 0 Å². The van der Waals surface area contributed by atoms with Gasteiger partial charge in [-0.2, -0.15) is 11.8 Å². The van der Waals surface area contributed by atoms with E-state index in [1.54, 1.807) is 0 Å². The lowest BCUT2D eigenvalue weighted by molar-refractivity contribution is 0.0715. The van der Waals surface area contributed by atoms with Crippen molar-refractivity contribution in [3.8, 4) is 11.5 Å². The number of nitrogens with zero attached hydrogens (tertiary/aromatic N) is 1. The molecule has 0 aliphatic carbocycles. The Labute approximate surface area is 219 Å². The van der Waals surface area contributed by atoms with Gasteiger partial charge in [0.2, 0.25) is 0 Å². The van der Waals surface area contributed by atoms with Crippen molar-refractivity contribution in [1.82, 2.24) is 4.90 Å². The maximum Gasteiger partial charge on any atom is 0.132 e. The second-order valence-electron chi connectivity index (χ2n) is 8.79. The molecule has 0 aromatic heterocycles. The summed E-state index contributed by atoms with van der Waals surface area (Å²) < 4.78 is 12.5. The van der Waals surface area contributed by atoms with Gasteiger partial charge in [-0.1, -0.05) is 32.0 Å². The first-order chi connectivity index (χ1) is 15.8. The number of aliphatic hydroxyl groups is 2. The van der Waals surface area contributed by atoms with Crippen LogP contribution >= 0.6 is 46.0 Å². The number of hydrogen-bond acceptors (Lipinski definition) is 6. The molecule has 0 saturated carbocycles. The molecule has 0 spiro atoms. The molecule has 2 N–H and O–H groups in total. The lowest BCUT2D eigenvalue weighted by Crippen LogP contribution is -2.40. The van der Waals surface area contributed by atoms with Crippen LogP contribution in [-0.2, 0) is 5.41 Å². The van der Waals surface area contributed by atoms with Gasteiger partial charge in [0.1, 0.15) is 36.9 Å². The quantitative estimate of drug-likeness (QED) is 0.293. The summed E-state index contributed by atoms with van der Waals surface area (Å²) in [4.78, 5) is 2.30. The molecule has 0 unspecified atom stereocenters. The molecule has 33 heavy (non-hydrogen) atoms. The Hall–Kier alpha value is -0.710. The monoisotopic (exact) mass is 605 g/mol. The van der Waals surface area contributed by atoms with Gasteiger partial charge in [0.05, 0.1) is 9.45 Å². The predicted octanol–water partition coefficient (Wildman–Crippen LogP) is 4.38. The first-order valence-corrected chi connectivity index (χ1v) is 13.9. The summed E-state index contributed by atoms with van der Waals surface area (Å²) in [6, 6.07) is 14.2. The van der Waals surface area contributed by atoms with Crippen LogP contribution < -0.4 is 9.47 Å². The fourth-order valence-corrected chi connectivity index (χ4v) is 5.44. The number of halogens is 2. The molecule has 0 amide bonds. The van der Waals surface area contributed by atoms with E-state index in [2.05, 4.69) is 65.6 Å². The Morgan fingerprint density at radius 1 is 1.00 bits per heavy atom. The van der Waals surface area contributed by atoms with Crippen molar-refractivity contribution >= 4 is 46.0 Å². The van der Waals surface area contributed by atoms with E-state index < -0.39 is 12.2 Å². The number of benzene rings is 2. The minimum Gasteiger partial charge on any atom is -0.491 e. The zero-order valence-corrected chi connectivity index (χ0v) is 22.9. The summed E-state index contributed by atoms with van der Waals surface area (Å²) in [5.74, 6) is 3.93. The zero-order chi connectivity index (χ0) is 23.8. The van der Waals surface area contributed by atoms with Crippen molar-refractivity contribution in [2.24, 2.45) is 0 Å². The molecular formula is C25H33ClINO4S. The Kier molecular flexibility index (Phi) is 10.5. The molecule has 2 aromatic rings. The molecular weight excluding hydrogens is 573 g/mol. The molecule has 1 aliphatic heterocycles. The predicted molar refractivity (Wildman–Crippen MR) is 145 cm³/mol. The van der Waals surface area contributed by atoms with E-state index in [9.17, 15) is 10.2 Å². The molecule has 2 atom stereocenters. The van der Waals surface area contributed by atoms with Crippen molar-refractivity contribution in [3.05, 3.63) is 57.2 Å². The number of alkyl halides is 1. The van der Waals surface area contributed by atoms with E-state index in [1.807, 2.05) is 30.0 Å². The van der Waals surface area contributed by atoms with Crippen LogP contribution in [0.3, 0.4) is 0 Å². The Balaban J connectivity index is 1.57. The fourth-order valence-electron chi connectivity index (χ4n) is 3.70. The number of aliphatic hydroxyl groups excluding tert-OH is 2. The number of thioether (sulfide) groups is 1. The highest BCUT2D eigenvalue weighted by Crippen LogP contribution is 2.35. The van der Waals surface area contributed by atoms with E-state index in [4.69, 9.17) is 21.1 Å². The largest absolute Gasteiger partial charge is 0.491 e. The molecule has 5 nitrogen and oxygen atoms in total. The Bertz CT molecular complexity index is 877. The van der Waals surface area contributed by atoms with Gasteiger partial charge in [0.25, 0.3) is 0 Å². The number of β-amino-alcohol motifs (C(OH)–C–C–N with tert-alkyl or cyclic N) is 1. The minimum absolute atomic E-state index is 0.151. The average molecular weight is 606 g/mol. The molecule has 1 fully saturated rings. The highest BCUT2D eigenvalue weighted by Gasteiger charge is 2.24. The van der Waals surface area contributed by atoms with Crippen LogP contribution in [0.5, 0.6) is 11.5 Å². The van der Waals surface area contributed by atoms with E-state index >= 15 is 0 Å². The topological polar surface area (TPSA) is 62.2 Å². The first kappa shape index (κ1) is 26.9. The molecule has 1 saturated heterocycles. The third kappa shape index (κ3) is 7.90. The van der Waals surface area contributed by atoms with Gasteiger partial charge in [-0.3, -0.25) is 4.90 Å². The summed E-state index contributed by atoms with van der Waals surface area (Å²) in [6.45, 7) is 7.58. The van der Waals surface area contributed by atoms with Crippen LogP contribution in [0.25, 0.3) is 0 Å². The third-order valence-electron chi connectivity index (χ3n) is 5.85. The minimum atomic E-state index is -0.677. The van der Waals surface area contributed by atoms with Crippen LogP contribution in [0, 0.1) is 3.57 Å². The summed E-state index contributed by atoms with van der Waals surface area (Å²) in [5.41, 5.74) is 2.13. The maximum absolute atomic E-state index is 10.3. The van der Waals surface area contributed by atoms with E-state index in [0.717, 1.165) is 39.7 Å². The molecule has 8 heteroatoms. The molecule has 0 bridgehead atoms. The van der Waals surface area contributed by atoms with Crippen molar-refractivity contribution in [2.45, 2.75) is 31.5 Å². The van der Waals surface area contributed by atoms with E-state index in [1.165, 1.54) is 11.1 Å². The van der Waals surface area contributed by atoms with Gasteiger partial charge in [-0.25, -0.2) is 0 Å². The highest BCUT2D eigenvalue weighted by molar-refractivity contribution is 14.1. The summed E-state index contributed by atoms with van der Waals surface area (Å²) in [5, 5.41) is 19.9. The Morgan fingerprint density at radius 3 is 2.27 bits per heavy atom. The van der Waals surface area contributed by atoms with Crippen LogP contribution in [0.1, 0.15) is 25.0 Å². The first-order valence-electron chi connectivity index (χ1n) is 11.2. The van der Waals surface area contributed by atoms with Crippen LogP contribution in [0.4, 0.5) is 0 Å². The zero-order valence-electron chi connectivity index (χ0n) is 19.2. The second kappa shape index (κ2) is 12.8. The molecule has 3 rings (SSSR count). The average Bonchev–Trinajstić information content (AvgIpc) is 2.82. The van der Waals surface area contributed by atoms with Gasteiger partial charge in [0, 0.05) is 36.6 Å². The second-order valence-corrected chi connectivity index (χ2v) is 11.5. The van der Waals surface area contributed by atoms with Crippen molar-refractivity contribution in [2.75, 3.05) is 50.2 Å². The van der Waals surface area contributed by atoms with Gasteiger partial charge >= 0.3 is 0 Å². The van der Waals surface area contributed by atoms with E-state index in [-0.39, 0.29) is 17.9 Å². The SMILES string of the molecule is CC(C)(c1ccc(OC[C@H](O)CN2CCSCC2)cc1)c1ccc(OC[C@@H](O)CCl)c(I)c1. The summed E-state index contributed by atoms with van der Waals surface area (Å²) in [6.07, 6.45) is -1.16. The highest BCUT2D eigenvalue weighted by atomic mass is 127. The van der Waals surface area contributed by atoms with E-state index in [0.29, 0.717) is 13.2 Å². The molecule has 182 valence electrons. The van der Waals surface area contributed by atoms with Gasteiger partial charge < -0.3 is 19.7 Å². The number of ether oxygens (including phenoxy) is 2. The number of rotatable bonds is 11. The van der Waals surface area contributed by atoms with Gasteiger partial charge in [0.15, 0.2) is 0 Å². The normalized spacial score (nSPS) is 16.9. The summed E-state index contributed by atoms with van der Waals surface area (Å²) >= 11 is 9.87.